The van der Waals surface area contributed by atoms with Crippen LogP contribution < -0.4 is 17.2 Å². The molecule has 0 bridgehead atoms. The van der Waals surface area contributed by atoms with Gasteiger partial charge in [-0.15, -0.1) is 0 Å². The Morgan fingerprint density at radius 2 is 1.10 bits per heavy atom. The average molecular weight is 910 g/mol. The van der Waals surface area contributed by atoms with E-state index < -0.39 is 103 Å². The molecule has 3 fully saturated rings. The summed E-state index contributed by atoms with van der Waals surface area (Å²) in [5.74, 6) is 0.0977. The van der Waals surface area contributed by atoms with Crippen molar-refractivity contribution < 1.29 is 71.6 Å². The van der Waals surface area contributed by atoms with Gasteiger partial charge in [-0.3, -0.25) is 31.8 Å². The summed E-state index contributed by atoms with van der Waals surface area (Å²) < 4.78 is 70.1. The van der Waals surface area contributed by atoms with E-state index in [0.717, 1.165) is 12.7 Å². The average Bonchev–Trinajstić information content (AvgIpc) is 4.10. The molecule has 32 heteroatoms. The molecule has 9 rings (SSSR count). The predicted molar refractivity (Wildman–Crippen MR) is 202 cm³/mol. The Balaban J connectivity index is 0.895. The number of ether oxygens (including phenoxy) is 3. The van der Waals surface area contributed by atoms with E-state index in [9.17, 15) is 39.3 Å². The molecule has 0 spiro atoms. The number of aliphatic hydroxyl groups excluding tert-OH is 4. The van der Waals surface area contributed by atoms with Gasteiger partial charge in [0.05, 0.1) is 44.9 Å². The first-order chi connectivity index (χ1) is 29.6. The van der Waals surface area contributed by atoms with Crippen molar-refractivity contribution in [3.63, 3.8) is 0 Å². The monoisotopic (exact) mass is 909 g/mol. The number of aliphatic hydroxyl groups is 4. The topological polar surface area (TPSA) is 429 Å². The van der Waals surface area contributed by atoms with Gasteiger partial charge in [-0.05, 0) is 0 Å². The van der Waals surface area contributed by atoms with Gasteiger partial charge in [0.1, 0.15) is 78.3 Å². The third kappa shape index (κ3) is 7.73. The van der Waals surface area contributed by atoms with Gasteiger partial charge in [0.15, 0.2) is 53.1 Å². The smallest absolute Gasteiger partial charge is 0.394 e. The number of phosphoric ester groups is 2. The maximum absolute atomic E-state index is 13.5. The number of hydrogen-bond donors (Lipinski definition) is 9. The van der Waals surface area contributed by atoms with Crippen LogP contribution in [0.15, 0.2) is 38.0 Å². The van der Waals surface area contributed by atoms with E-state index in [1.807, 2.05) is 0 Å². The van der Waals surface area contributed by atoms with Gasteiger partial charge in [-0.25, -0.2) is 54.0 Å². The molecular weight excluding hydrogens is 872 g/mol. The van der Waals surface area contributed by atoms with Gasteiger partial charge in [0.2, 0.25) is 0 Å². The van der Waals surface area contributed by atoms with Crippen molar-refractivity contribution in [3.8, 4) is 0 Å². The molecule has 3 aliphatic rings. The van der Waals surface area contributed by atoms with E-state index in [4.69, 9.17) is 49.5 Å². The SMILES string of the molecule is Nc1ncnc2c1ncn2[C@@H]1O[C@H](COP(=O)(O)O[C@@H]2C[C@@H](COP(=O)(O)O[C@@H]3[C@H](O)[C@@H](CO)O[C@H]3n3cnc4c(N)ncnc43)O[C@H]2n2cnc3c(N)ncnc32)[C@@H](O)[C@H]1O. The Morgan fingerprint density at radius 1 is 0.613 bits per heavy atom. The number of nitrogens with zero attached hydrogens (tertiary/aromatic N) is 12. The number of anilines is 3. The molecule has 6 aromatic heterocycles. The molecule has 0 amide bonds. The lowest BCUT2D eigenvalue weighted by Gasteiger charge is -2.24. The van der Waals surface area contributed by atoms with Crippen molar-refractivity contribution in [2.75, 3.05) is 37.0 Å². The quantitative estimate of drug-likeness (QED) is 0.0507. The van der Waals surface area contributed by atoms with Crippen LogP contribution in [-0.2, 0) is 41.4 Å². The number of fused-ring (bicyclic) bond motifs is 3. The second-order valence-corrected chi connectivity index (χ2v) is 17.0. The zero-order valence-electron chi connectivity index (χ0n) is 31.5. The number of phosphoric acid groups is 2. The zero-order chi connectivity index (χ0) is 43.7. The first-order valence-corrected chi connectivity index (χ1v) is 21.3. The fraction of sp³-hybridized carbons (Fsp3) is 0.500. The predicted octanol–water partition coefficient (Wildman–Crippen LogP) is -2.59. The van der Waals surface area contributed by atoms with Gasteiger partial charge in [-0.2, -0.15) is 0 Å². The van der Waals surface area contributed by atoms with Gasteiger partial charge in [0, 0.05) is 6.42 Å². The highest BCUT2D eigenvalue weighted by Crippen LogP contribution is 2.52. The van der Waals surface area contributed by atoms with E-state index >= 15 is 0 Å². The number of hydrogen-bond acceptors (Lipinski definition) is 25. The number of nitrogen functional groups attached to an aromatic ring is 3. The van der Waals surface area contributed by atoms with Gasteiger partial charge in [0.25, 0.3) is 0 Å². The largest absolute Gasteiger partial charge is 0.472 e. The van der Waals surface area contributed by atoms with E-state index in [1.54, 1.807) is 0 Å². The van der Waals surface area contributed by atoms with Crippen molar-refractivity contribution >= 4 is 66.6 Å². The summed E-state index contributed by atoms with van der Waals surface area (Å²) in [5, 5.41) is 42.4. The number of nitrogens with two attached hydrogens (primary N) is 3. The summed E-state index contributed by atoms with van der Waals surface area (Å²) in [5.41, 5.74) is 18.7. The Hall–Kier alpha value is -5.01. The van der Waals surface area contributed by atoms with Crippen LogP contribution in [0.3, 0.4) is 0 Å². The number of aromatic nitrogens is 12. The Kier molecular flexibility index (Phi) is 11.1. The maximum Gasteiger partial charge on any atom is 0.472 e. The molecule has 0 saturated carbocycles. The molecule has 332 valence electrons. The molecule has 0 aromatic carbocycles. The summed E-state index contributed by atoms with van der Waals surface area (Å²) >= 11 is 0. The summed E-state index contributed by atoms with van der Waals surface area (Å²) in [6.45, 7) is -2.15. The van der Waals surface area contributed by atoms with Crippen LogP contribution in [0.25, 0.3) is 33.5 Å². The van der Waals surface area contributed by atoms with Crippen molar-refractivity contribution in [1.29, 1.82) is 0 Å². The van der Waals surface area contributed by atoms with E-state index in [1.165, 1.54) is 39.0 Å². The van der Waals surface area contributed by atoms with E-state index in [0.29, 0.717) is 0 Å². The minimum absolute atomic E-state index is 0.00766. The van der Waals surface area contributed by atoms with E-state index in [-0.39, 0.29) is 57.4 Å². The summed E-state index contributed by atoms with van der Waals surface area (Å²) in [4.78, 5) is 58.4. The lowest BCUT2D eigenvalue weighted by atomic mass is 10.1. The number of imidazole rings is 3. The van der Waals surface area contributed by atoms with Crippen LogP contribution in [0.4, 0.5) is 17.5 Å². The second-order valence-electron chi connectivity index (χ2n) is 14.2. The summed E-state index contributed by atoms with van der Waals surface area (Å²) in [7, 11) is -10.2. The molecule has 13 atom stereocenters. The fourth-order valence-electron chi connectivity index (χ4n) is 7.37. The van der Waals surface area contributed by atoms with Crippen LogP contribution >= 0.6 is 15.6 Å². The summed E-state index contributed by atoms with van der Waals surface area (Å²) in [6.07, 6.45) is -8.62. The minimum Gasteiger partial charge on any atom is -0.394 e. The molecule has 0 radical (unpaired) electrons. The standard InChI is InChI=1S/C30H37N15O15P2/c31-22-15-25(37-5-34-22)43(8-40-15)28-12(59-61(50,51)55-4-14-18(47)20(49)29(58-14)44-9-41-16-23(32)35-6-38-26(16)44)1-11(56-28)3-54-62(52,53)60-21-19(48)13(2-46)57-30(21)45-10-42-17-24(33)36-7-39-27(17)45/h5-14,18-21,28-30,46-49H,1-4H2,(H,50,51)(H,52,53)(H2,31,34,37)(H2,32,35,38)(H2,33,36,39)/t11-,12+,13+,14+,18+,19+,20+,21+,28+,29+,30+/m0/s1. The fourth-order valence-corrected chi connectivity index (χ4v) is 9.25. The molecule has 30 nitrogen and oxygen atoms in total. The molecule has 3 aliphatic heterocycles. The number of rotatable bonds is 14. The van der Waals surface area contributed by atoms with Crippen molar-refractivity contribution in [2.45, 2.75) is 73.9 Å². The van der Waals surface area contributed by atoms with Crippen molar-refractivity contribution in [2.24, 2.45) is 0 Å². The van der Waals surface area contributed by atoms with Crippen LogP contribution in [0, 0.1) is 0 Å². The van der Waals surface area contributed by atoms with Gasteiger partial charge in [-0.1, -0.05) is 0 Å². The van der Waals surface area contributed by atoms with Gasteiger partial charge >= 0.3 is 15.6 Å². The molecule has 9 heterocycles. The molecule has 12 N–H and O–H groups in total. The normalized spacial score (nSPS) is 31.0. The highest BCUT2D eigenvalue weighted by Gasteiger charge is 2.51. The Bertz CT molecular complexity index is 2710. The summed E-state index contributed by atoms with van der Waals surface area (Å²) in [6, 6.07) is 0. The van der Waals surface area contributed by atoms with Crippen LogP contribution in [0.2, 0.25) is 0 Å². The first kappa shape index (κ1) is 42.3. The first-order valence-electron chi connectivity index (χ1n) is 18.3. The molecule has 2 unspecified atom stereocenters. The lowest BCUT2D eigenvalue weighted by Crippen LogP contribution is -2.35. The van der Waals surface area contributed by atoms with Crippen LogP contribution in [0.1, 0.15) is 25.1 Å². The third-order valence-electron chi connectivity index (χ3n) is 10.3. The highest BCUT2D eigenvalue weighted by atomic mass is 31.2. The molecule has 6 aromatic rings. The second kappa shape index (κ2) is 16.3. The molecule has 62 heavy (non-hydrogen) atoms. The van der Waals surface area contributed by atoms with Gasteiger partial charge < -0.3 is 61.6 Å². The zero-order valence-corrected chi connectivity index (χ0v) is 33.3. The molecule has 3 saturated heterocycles. The molecular formula is C30H37N15O15P2. The third-order valence-corrected chi connectivity index (χ3v) is 12.3. The Labute approximate surface area is 345 Å². The minimum atomic E-state index is -5.13. The van der Waals surface area contributed by atoms with Crippen molar-refractivity contribution in [1.82, 2.24) is 58.6 Å². The van der Waals surface area contributed by atoms with Crippen molar-refractivity contribution in [3.05, 3.63) is 38.0 Å². The molecule has 0 aliphatic carbocycles. The highest BCUT2D eigenvalue weighted by molar-refractivity contribution is 7.47. The maximum atomic E-state index is 13.5. The van der Waals surface area contributed by atoms with Crippen LogP contribution in [-0.4, -0.2) is 157 Å². The Morgan fingerprint density at radius 3 is 1.65 bits per heavy atom. The van der Waals surface area contributed by atoms with E-state index in [2.05, 4.69) is 44.9 Å². The lowest BCUT2D eigenvalue weighted by molar-refractivity contribution is -0.0642. The van der Waals surface area contributed by atoms with Crippen LogP contribution in [0.5, 0.6) is 0 Å².